The molecule has 1 rings (SSSR count). The molecule has 0 aromatic carbocycles. The molecule has 1 aromatic heterocycles. The van der Waals surface area contributed by atoms with Crippen molar-refractivity contribution in [3.8, 4) is 0 Å². The van der Waals surface area contributed by atoms with Crippen LogP contribution in [0.5, 0.6) is 0 Å². The number of nitrogens with zero attached hydrogens (tertiary/aromatic N) is 2. The van der Waals surface area contributed by atoms with E-state index in [-0.39, 0.29) is 5.28 Å². The third-order valence-electron chi connectivity index (χ3n) is 2.60. The van der Waals surface area contributed by atoms with Crippen LogP contribution in [0.3, 0.4) is 0 Å². The average molecular weight is 378 g/mol. The van der Waals surface area contributed by atoms with E-state index in [0.29, 0.717) is 0 Å². The summed E-state index contributed by atoms with van der Waals surface area (Å²) in [5, 5.41) is 2.06. The van der Waals surface area contributed by atoms with Crippen molar-refractivity contribution in [2.75, 3.05) is 33.8 Å². The number of hydrogen-bond donors (Lipinski definition) is 1. The Morgan fingerprint density at radius 3 is 2.00 bits per heavy atom. The van der Waals surface area contributed by atoms with Crippen LogP contribution in [0, 0.1) is 5.82 Å². The van der Waals surface area contributed by atoms with Crippen molar-refractivity contribution in [2.24, 2.45) is 0 Å². The van der Waals surface area contributed by atoms with Gasteiger partial charge in [0, 0.05) is 28.4 Å². The number of aromatic nitrogens is 2. The first-order chi connectivity index (χ1) is 10.3. The van der Waals surface area contributed by atoms with Crippen LogP contribution in [0.25, 0.3) is 0 Å². The molecule has 0 aliphatic heterocycles. The quantitative estimate of drug-likeness (QED) is 0.540. The Balaban J connectivity index is 3.36. The maximum absolute atomic E-state index is 13.7. The van der Waals surface area contributed by atoms with E-state index in [0.717, 1.165) is 34.6 Å². The molecule has 1 aromatic rings. The lowest BCUT2D eigenvalue weighted by Crippen LogP contribution is -2.24. The lowest BCUT2D eigenvalue weighted by Gasteiger charge is -2.29. The molecule has 126 valence electrons. The predicted molar refractivity (Wildman–Crippen MR) is 77.7 cm³/mol. The third-order valence-corrected chi connectivity index (χ3v) is 7.97. The van der Waals surface area contributed by atoms with E-state index in [4.69, 9.17) is 29.7 Å². The highest BCUT2D eigenvalue weighted by Crippen LogP contribution is 2.68. The van der Waals surface area contributed by atoms with Gasteiger partial charge < -0.3 is 23.4 Å². The fourth-order valence-electron chi connectivity index (χ4n) is 1.45. The maximum Gasteiger partial charge on any atom is 0.364 e. The molecule has 9 nitrogen and oxygen atoms in total. The SMILES string of the molecule is COP(=O)(OC)C(Nc1nc(Cl)ncc1F)P(=O)(OC)OC. The third kappa shape index (κ3) is 4.02. The van der Waals surface area contributed by atoms with Crippen LogP contribution in [0.2, 0.25) is 5.28 Å². The molecule has 0 radical (unpaired) electrons. The van der Waals surface area contributed by atoms with Crippen LogP contribution < -0.4 is 5.32 Å². The molecule has 22 heavy (non-hydrogen) atoms. The highest BCUT2D eigenvalue weighted by Gasteiger charge is 2.50. The number of anilines is 1. The van der Waals surface area contributed by atoms with Crippen molar-refractivity contribution >= 4 is 32.6 Å². The Morgan fingerprint density at radius 2 is 1.59 bits per heavy atom. The summed E-state index contributed by atoms with van der Waals surface area (Å²) in [5.41, 5.74) is -1.68. The first kappa shape index (κ1) is 19.4. The lowest BCUT2D eigenvalue weighted by molar-refractivity contribution is 0.250. The molecule has 1 N–H and O–H groups in total. The van der Waals surface area contributed by atoms with Gasteiger partial charge in [-0.15, -0.1) is 0 Å². The van der Waals surface area contributed by atoms with Gasteiger partial charge in [0.15, 0.2) is 11.6 Å². The largest absolute Gasteiger partial charge is 0.364 e. The summed E-state index contributed by atoms with van der Waals surface area (Å²) >= 11 is 5.57. The van der Waals surface area contributed by atoms with Gasteiger partial charge in [0.2, 0.25) is 10.8 Å². The second-order valence-corrected chi connectivity index (χ2v) is 9.06. The molecule has 0 amide bonds. The Bertz CT molecular complexity index is 579. The molecule has 0 aliphatic rings. The average Bonchev–Trinajstić information content (AvgIpc) is 2.54. The van der Waals surface area contributed by atoms with Gasteiger partial charge in [-0.2, -0.15) is 4.98 Å². The number of nitrogens with one attached hydrogen (secondary N) is 1. The molecule has 0 atom stereocenters. The van der Waals surface area contributed by atoms with Gasteiger partial charge in [-0.25, -0.2) is 9.37 Å². The second-order valence-electron chi connectivity index (χ2n) is 3.66. The smallest absolute Gasteiger partial charge is 0.344 e. The molecule has 0 spiro atoms. The Morgan fingerprint density at radius 1 is 1.14 bits per heavy atom. The fourth-order valence-corrected chi connectivity index (χ4v) is 5.76. The number of rotatable bonds is 8. The van der Waals surface area contributed by atoms with E-state index in [1.165, 1.54) is 0 Å². The molecule has 0 aliphatic carbocycles. The minimum atomic E-state index is -4.04. The van der Waals surface area contributed by atoms with E-state index in [9.17, 15) is 13.5 Å². The summed E-state index contributed by atoms with van der Waals surface area (Å²) in [5.74, 6) is -1.39. The van der Waals surface area contributed by atoms with E-state index >= 15 is 0 Å². The van der Waals surface area contributed by atoms with Gasteiger partial charge >= 0.3 is 15.2 Å². The monoisotopic (exact) mass is 377 g/mol. The fraction of sp³-hybridized carbons (Fsp3) is 0.556. The zero-order chi connectivity index (χ0) is 17.0. The molecule has 0 fully saturated rings. The minimum Gasteiger partial charge on any atom is -0.344 e. The Hall–Kier alpha value is -0.600. The van der Waals surface area contributed by atoms with E-state index in [1.807, 2.05) is 0 Å². The van der Waals surface area contributed by atoms with E-state index in [1.54, 1.807) is 0 Å². The summed E-state index contributed by atoms with van der Waals surface area (Å²) in [6.45, 7) is 0. The van der Waals surface area contributed by atoms with Crippen molar-refractivity contribution in [1.29, 1.82) is 0 Å². The Labute approximate surface area is 131 Å². The summed E-state index contributed by atoms with van der Waals surface area (Å²) in [6.07, 6.45) is 0.782. The van der Waals surface area contributed by atoms with Crippen molar-refractivity contribution in [2.45, 2.75) is 5.52 Å². The molecule has 0 unspecified atom stereocenters. The molecular weight excluding hydrogens is 363 g/mol. The zero-order valence-electron chi connectivity index (χ0n) is 12.1. The normalized spacial score (nSPS) is 12.7. The summed E-state index contributed by atoms with van der Waals surface area (Å²) in [4.78, 5) is 7.01. The highest BCUT2D eigenvalue weighted by molar-refractivity contribution is 7.72. The van der Waals surface area contributed by atoms with Crippen LogP contribution in [0.4, 0.5) is 10.2 Å². The molecular formula is C9H15ClFN3O6P2. The predicted octanol–water partition coefficient (Wildman–Crippen LogP) is 2.94. The van der Waals surface area contributed by atoms with Crippen LogP contribution in [-0.2, 0) is 27.2 Å². The topological polar surface area (TPSA) is 109 Å². The van der Waals surface area contributed by atoms with Crippen LogP contribution in [0.1, 0.15) is 0 Å². The van der Waals surface area contributed by atoms with Crippen molar-refractivity contribution in [3.63, 3.8) is 0 Å². The number of hydrogen-bond acceptors (Lipinski definition) is 9. The maximum atomic E-state index is 13.7. The van der Waals surface area contributed by atoms with E-state index in [2.05, 4.69) is 15.3 Å². The summed E-state index contributed by atoms with van der Waals surface area (Å²) in [6, 6.07) is 0. The molecule has 13 heteroatoms. The first-order valence-electron chi connectivity index (χ1n) is 5.63. The highest BCUT2D eigenvalue weighted by atomic mass is 35.5. The lowest BCUT2D eigenvalue weighted by atomic mass is 10.5. The van der Waals surface area contributed by atoms with Gasteiger partial charge in [-0.3, -0.25) is 9.13 Å². The van der Waals surface area contributed by atoms with Crippen LogP contribution >= 0.6 is 26.8 Å². The van der Waals surface area contributed by atoms with Crippen molar-refractivity contribution < 1.29 is 31.6 Å². The number of halogens is 2. The van der Waals surface area contributed by atoms with Gasteiger partial charge in [-0.05, 0) is 11.6 Å². The van der Waals surface area contributed by atoms with E-state index < -0.39 is 32.4 Å². The summed E-state index contributed by atoms with van der Waals surface area (Å²) in [7, 11) is -3.81. The van der Waals surface area contributed by atoms with Crippen molar-refractivity contribution in [1.82, 2.24) is 9.97 Å². The van der Waals surface area contributed by atoms with Crippen LogP contribution in [-0.4, -0.2) is 43.9 Å². The molecule has 0 saturated heterocycles. The molecule has 0 bridgehead atoms. The minimum absolute atomic E-state index is 0.281. The first-order valence-corrected chi connectivity index (χ1v) is 9.23. The summed E-state index contributed by atoms with van der Waals surface area (Å²) < 4.78 is 58.0. The van der Waals surface area contributed by atoms with Gasteiger partial charge in [0.1, 0.15) is 0 Å². The Kier molecular flexibility index (Phi) is 6.88. The van der Waals surface area contributed by atoms with Gasteiger partial charge in [0.05, 0.1) is 6.20 Å². The second kappa shape index (κ2) is 7.79. The van der Waals surface area contributed by atoms with Crippen molar-refractivity contribution in [3.05, 3.63) is 17.3 Å². The zero-order valence-corrected chi connectivity index (χ0v) is 14.7. The molecule has 0 saturated carbocycles. The van der Waals surface area contributed by atoms with Crippen LogP contribution in [0.15, 0.2) is 6.20 Å². The standard InChI is InChI=1S/C9H15ClFN3O6P2/c1-17-21(15,18-2)9(22(16,19-3)20-4)14-7-6(11)5-12-8(10)13-7/h5,9H,1-4H3,(H,12,13,14). The van der Waals surface area contributed by atoms with Gasteiger partial charge in [0.25, 0.3) is 0 Å². The van der Waals surface area contributed by atoms with Gasteiger partial charge in [-0.1, -0.05) is 0 Å². The molecule has 1 heterocycles.